The summed E-state index contributed by atoms with van der Waals surface area (Å²) in [6.07, 6.45) is 10.7. The third-order valence-corrected chi connectivity index (χ3v) is 12.2. The first-order valence-electron chi connectivity index (χ1n) is 14.1. The number of carboxylic acid groups (broad SMARTS) is 1. The number of carbonyl (C=O) groups is 1. The van der Waals surface area contributed by atoms with Crippen LogP contribution in [0.2, 0.25) is 0 Å². The molecule has 3 heteroatoms. The lowest BCUT2D eigenvalue weighted by Crippen LogP contribution is -2.53. The second kappa shape index (κ2) is 8.61. The molecule has 0 spiro atoms. The summed E-state index contributed by atoms with van der Waals surface area (Å²) in [6, 6.07) is 0. The summed E-state index contributed by atoms with van der Waals surface area (Å²) < 4.78 is 0. The number of rotatable bonds is 6. The maximum Gasteiger partial charge on any atom is 0.306 e. The van der Waals surface area contributed by atoms with E-state index in [2.05, 4.69) is 74.1 Å². The van der Waals surface area contributed by atoms with Crippen LogP contribution in [0.1, 0.15) is 100 Å². The number of aliphatic carboxylic acids is 1. The van der Waals surface area contributed by atoms with Crippen LogP contribution in [-0.4, -0.2) is 22.3 Å². The zero-order valence-corrected chi connectivity index (χ0v) is 23.6. The molecule has 0 aliphatic heterocycles. The van der Waals surface area contributed by atoms with Crippen molar-refractivity contribution in [3.8, 4) is 0 Å². The minimum atomic E-state index is -0.765. The molecule has 0 aromatic carbocycles. The van der Waals surface area contributed by atoms with Crippen molar-refractivity contribution >= 4 is 5.97 Å². The Balaban J connectivity index is 1.72. The quantitative estimate of drug-likeness (QED) is 0.380. The van der Waals surface area contributed by atoms with E-state index in [0.29, 0.717) is 36.5 Å². The SMILES string of the molecule is C=C(CC[C@@H](C(=O)O)C1[C@H](O)C[C@@]2(C)C3=CC[C@H]4C(C)(C)[C@@H](C)CC[C@]4(C)C3=CC[C@]12C)C(C)C. The van der Waals surface area contributed by atoms with Crippen molar-refractivity contribution in [3.05, 3.63) is 35.5 Å². The first kappa shape index (κ1) is 26.7. The van der Waals surface area contributed by atoms with Crippen LogP contribution in [0.5, 0.6) is 0 Å². The van der Waals surface area contributed by atoms with Crippen molar-refractivity contribution in [1.82, 2.24) is 0 Å². The smallest absolute Gasteiger partial charge is 0.306 e. The Hall–Kier alpha value is -1.35. The highest BCUT2D eigenvalue weighted by Gasteiger charge is 2.66. The summed E-state index contributed by atoms with van der Waals surface area (Å²) in [6.45, 7) is 22.9. The van der Waals surface area contributed by atoms with Crippen LogP contribution in [0.15, 0.2) is 35.5 Å². The molecule has 0 aromatic rings. The topological polar surface area (TPSA) is 57.5 Å². The standard InChI is InChI=1S/C32H50O3/c1-19(2)20(3)10-11-22(28(34)35)27-25(33)18-32(9)24-12-13-26-29(5,6)21(4)14-16-30(26,7)23(24)15-17-31(27,32)8/h12,15,19,21-22,25-27,33H,3,10-11,13-14,16-18H2,1-2,4-9H3,(H,34,35)/t21-,22+,25+,26-,27?,30+,31+,32-/m0/s1. The average molecular weight is 483 g/mol. The predicted octanol–water partition coefficient (Wildman–Crippen LogP) is 7.81. The molecule has 3 nitrogen and oxygen atoms in total. The fourth-order valence-electron chi connectivity index (χ4n) is 9.09. The lowest BCUT2D eigenvalue weighted by Gasteiger charge is -2.61. The molecule has 8 atom stereocenters. The molecule has 0 heterocycles. The molecule has 2 fully saturated rings. The van der Waals surface area contributed by atoms with Gasteiger partial charge in [-0.1, -0.05) is 79.7 Å². The Morgan fingerprint density at radius 2 is 1.80 bits per heavy atom. The number of fused-ring (bicyclic) bond motifs is 5. The van der Waals surface area contributed by atoms with E-state index in [-0.39, 0.29) is 22.2 Å². The molecule has 0 aromatic heterocycles. The summed E-state index contributed by atoms with van der Waals surface area (Å²) >= 11 is 0. The number of hydrogen-bond acceptors (Lipinski definition) is 2. The van der Waals surface area contributed by atoms with Gasteiger partial charge in [-0.05, 0) is 90.1 Å². The number of allylic oxidation sites excluding steroid dienone is 5. The Morgan fingerprint density at radius 3 is 2.40 bits per heavy atom. The van der Waals surface area contributed by atoms with Gasteiger partial charge < -0.3 is 10.2 Å². The fraction of sp³-hybridized carbons (Fsp3) is 0.781. The first-order chi connectivity index (χ1) is 16.1. The van der Waals surface area contributed by atoms with E-state index in [1.807, 2.05) is 0 Å². The molecule has 35 heavy (non-hydrogen) atoms. The van der Waals surface area contributed by atoms with E-state index in [9.17, 15) is 15.0 Å². The molecule has 1 unspecified atom stereocenters. The molecule has 4 aliphatic rings. The largest absolute Gasteiger partial charge is 0.481 e. The summed E-state index contributed by atoms with van der Waals surface area (Å²) in [5, 5.41) is 21.8. The van der Waals surface area contributed by atoms with Gasteiger partial charge in [-0.15, -0.1) is 0 Å². The zero-order chi connectivity index (χ0) is 26.1. The van der Waals surface area contributed by atoms with Gasteiger partial charge in [0.05, 0.1) is 12.0 Å². The maximum atomic E-state index is 12.6. The summed E-state index contributed by atoms with van der Waals surface area (Å²) in [5.74, 6) is 0.120. The lowest BCUT2D eigenvalue weighted by atomic mass is 9.43. The van der Waals surface area contributed by atoms with E-state index in [1.165, 1.54) is 24.0 Å². The molecule has 4 rings (SSSR count). The third kappa shape index (κ3) is 3.73. The van der Waals surface area contributed by atoms with Gasteiger partial charge in [0.2, 0.25) is 0 Å². The Bertz CT molecular complexity index is 954. The van der Waals surface area contributed by atoms with Gasteiger partial charge in [-0.3, -0.25) is 4.79 Å². The highest BCUT2D eigenvalue weighted by atomic mass is 16.4. The molecule has 0 bridgehead atoms. The Morgan fingerprint density at radius 1 is 1.14 bits per heavy atom. The van der Waals surface area contributed by atoms with E-state index in [1.54, 1.807) is 0 Å². The highest BCUT2D eigenvalue weighted by molar-refractivity contribution is 5.71. The van der Waals surface area contributed by atoms with Crippen molar-refractivity contribution in [1.29, 1.82) is 0 Å². The van der Waals surface area contributed by atoms with Crippen LogP contribution in [0, 0.1) is 51.2 Å². The lowest BCUT2D eigenvalue weighted by molar-refractivity contribution is -0.148. The molecule has 0 saturated heterocycles. The van der Waals surface area contributed by atoms with Gasteiger partial charge in [0, 0.05) is 11.3 Å². The minimum Gasteiger partial charge on any atom is -0.481 e. The summed E-state index contributed by atoms with van der Waals surface area (Å²) in [5.41, 5.74) is 4.02. The zero-order valence-electron chi connectivity index (χ0n) is 23.6. The van der Waals surface area contributed by atoms with Crippen LogP contribution in [0.4, 0.5) is 0 Å². The Kier molecular flexibility index (Phi) is 6.57. The van der Waals surface area contributed by atoms with E-state index in [0.717, 1.165) is 24.3 Å². The maximum absolute atomic E-state index is 12.6. The monoisotopic (exact) mass is 482 g/mol. The van der Waals surface area contributed by atoms with Gasteiger partial charge in [-0.2, -0.15) is 0 Å². The average Bonchev–Trinajstić information content (AvgIpc) is 2.97. The first-order valence-corrected chi connectivity index (χ1v) is 14.1. The van der Waals surface area contributed by atoms with Crippen molar-refractivity contribution in [2.45, 2.75) is 106 Å². The second-order valence-electron chi connectivity index (χ2n) is 14.2. The van der Waals surface area contributed by atoms with Gasteiger partial charge in [0.15, 0.2) is 0 Å². The van der Waals surface area contributed by atoms with Crippen LogP contribution in [0.3, 0.4) is 0 Å². The van der Waals surface area contributed by atoms with Crippen LogP contribution < -0.4 is 0 Å². The molecule has 4 aliphatic carbocycles. The van der Waals surface area contributed by atoms with Crippen molar-refractivity contribution in [2.24, 2.45) is 51.2 Å². The molecule has 2 saturated carbocycles. The van der Waals surface area contributed by atoms with E-state index < -0.39 is 18.0 Å². The van der Waals surface area contributed by atoms with Crippen LogP contribution in [0.25, 0.3) is 0 Å². The van der Waals surface area contributed by atoms with Crippen molar-refractivity contribution in [3.63, 3.8) is 0 Å². The van der Waals surface area contributed by atoms with Crippen LogP contribution in [-0.2, 0) is 4.79 Å². The number of carboxylic acids is 1. The Labute approximate surface area is 214 Å². The van der Waals surface area contributed by atoms with Crippen molar-refractivity contribution in [2.75, 3.05) is 0 Å². The molecule has 2 N–H and O–H groups in total. The molecule has 0 amide bonds. The molecule has 0 radical (unpaired) electrons. The predicted molar refractivity (Wildman–Crippen MR) is 144 cm³/mol. The fourth-order valence-corrected chi connectivity index (χ4v) is 9.09. The van der Waals surface area contributed by atoms with E-state index in [4.69, 9.17) is 0 Å². The number of aliphatic hydroxyl groups excluding tert-OH is 1. The normalized spacial score (nSPS) is 42.9. The highest BCUT2D eigenvalue weighted by Crippen LogP contribution is 2.72. The van der Waals surface area contributed by atoms with Gasteiger partial charge in [0.25, 0.3) is 0 Å². The van der Waals surface area contributed by atoms with E-state index >= 15 is 0 Å². The summed E-state index contributed by atoms with van der Waals surface area (Å²) in [4.78, 5) is 12.6. The van der Waals surface area contributed by atoms with Gasteiger partial charge in [0.1, 0.15) is 0 Å². The molecular weight excluding hydrogens is 432 g/mol. The van der Waals surface area contributed by atoms with Gasteiger partial charge >= 0.3 is 5.97 Å². The third-order valence-electron chi connectivity index (χ3n) is 12.2. The minimum absolute atomic E-state index is 0.161. The van der Waals surface area contributed by atoms with Crippen molar-refractivity contribution < 1.29 is 15.0 Å². The number of hydrogen-bond donors (Lipinski definition) is 2. The summed E-state index contributed by atoms with van der Waals surface area (Å²) in [7, 11) is 0. The number of aliphatic hydroxyl groups is 1. The molecule has 196 valence electrons. The molecular formula is C32H50O3. The second-order valence-corrected chi connectivity index (χ2v) is 14.2. The van der Waals surface area contributed by atoms with Crippen LogP contribution >= 0.6 is 0 Å². The van der Waals surface area contributed by atoms with Gasteiger partial charge in [-0.25, -0.2) is 0 Å².